The summed E-state index contributed by atoms with van der Waals surface area (Å²) in [6.07, 6.45) is 2.15. The maximum atomic E-state index is 14.1. The van der Waals surface area contributed by atoms with Gasteiger partial charge in [-0.3, -0.25) is 14.0 Å². The van der Waals surface area contributed by atoms with E-state index in [1.54, 1.807) is 23.9 Å². The number of hydrogen-bond donors (Lipinski definition) is 3. The highest BCUT2D eigenvalue weighted by atomic mass is 32.2. The van der Waals surface area contributed by atoms with E-state index in [0.717, 1.165) is 5.56 Å². The quantitative estimate of drug-likeness (QED) is 0.374. The number of aromatic amines is 1. The van der Waals surface area contributed by atoms with Crippen molar-refractivity contribution >= 4 is 26.6 Å². The molecule has 0 spiro atoms. The van der Waals surface area contributed by atoms with Gasteiger partial charge in [-0.1, -0.05) is 12.1 Å². The fourth-order valence-corrected chi connectivity index (χ4v) is 3.84. The van der Waals surface area contributed by atoms with Crippen LogP contribution in [0.25, 0.3) is 10.8 Å². The fraction of sp³-hybridized carbons (Fsp3) is 0.200. The van der Waals surface area contributed by atoms with Gasteiger partial charge in [0.2, 0.25) is 0 Å². The molecule has 2 aromatic carbocycles. The lowest BCUT2D eigenvalue weighted by Gasteiger charge is -2.33. The van der Waals surface area contributed by atoms with E-state index >= 15 is 0 Å². The zero-order valence-corrected chi connectivity index (χ0v) is 18.1. The molecule has 0 aliphatic carbocycles. The Kier molecular flexibility index (Phi) is 5.68. The predicted octanol–water partition coefficient (Wildman–Crippen LogP) is 2.13. The highest BCUT2D eigenvalue weighted by Crippen LogP contribution is 2.45. The molecule has 4 aromatic rings. The van der Waals surface area contributed by atoms with Gasteiger partial charge in [0.25, 0.3) is 15.7 Å². The molecule has 172 valence electrons. The van der Waals surface area contributed by atoms with E-state index in [0.29, 0.717) is 28.8 Å². The summed E-state index contributed by atoms with van der Waals surface area (Å²) in [7, 11) is -1.91. The molecule has 0 radical (unpaired) electrons. The van der Waals surface area contributed by atoms with Crippen LogP contribution in [-0.2, 0) is 17.2 Å². The third-order valence-corrected chi connectivity index (χ3v) is 5.07. The molecule has 0 amide bonds. The van der Waals surface area contributed by atoms with Gasteiger partial charge < -0.3 is 5.32 Å². The maximum Gasteiger partial charge on any atom is 0.272 e. The molecule has 0 bridgehead atoms. The molecule has 2 atom stereocenters. The monoisotopic (exact) mass is 476 g/mol. The molecule has 0 fully saturated rings. The van der Waals surface area contributed by atoms with Crippen molar-refractivity contribution in [2.24, 2.45) is 7.05 Å². The lowest BCUT2D eigenvalue weighted by Crippen LogP contribution is -2.30. The van der Waals surface area contributed by atoms with Crippen LogP contribution >= 0.6 is 0 Å². The first kappa shape index (κ1) is 22.5. The molecule has 0 saturated heterocycles. The molecule has 10 nitrogen and oxygen atoms in total. The van der Waals surface area contributed by atoms with Gasteiger partial charge in [0, 0.05) is 18.1 Å². The molecule has 2 aromatic heterocycles. The Balaban J connectivity index is 0.000000471. The van der Waals surface area contributed by atoms with Crippen LogP contribution in [0.1, 0.15) is 29.0 Å². The van der Waals surface area contributed by atoms with Crippen molar-refractivity contribution < 1.29 is 21.8 Å². The van der Waals surface area contributed by atoms with Gasteiger partial charge in [-0.25, -0.2) is 18.9 Å². The van der Waals surface area contributed by atoms with Crippen LogP contribution in [0.3, 0.4) is 0 Å². The van der Waals surface area contributed by atoms with Crippen LogP contribution in [0, 0.1) is 11.6 Å². The Morgan fingerprint density at radius 1 is 1.12 bits per heavy atom. The Labute approximate surface area is 186 Å². The summed E-state index contributed by atoms with van der Waals surface area (Å²) < 4.78 is 55.1. The molecule has 5 rings (SSSR count). The van der Waals surface area contributed by atoms with Gasteiger partial charge in [0.05, 0.1) is 29.3 Å². The third kappa shape index (κ3) is 4.59. The highest BCUT2D eigenvalue weighted by Gasteiger charge is 2.37. The zero-order chi connectivity index (χ0) is 23.9. The topological polar surface area (TPSA) is 143 Å². The van der Waals surface area contributed by atoms with Crippen molar-refractivity contribution in [3.8, 4) is 0 Å². The minimum absolute atomic E-state index is 0.206. The average molecular weight is 476 g/mol. The molecule has 0 saturated carbocycles. The van der Waals surface area contributed by atoms with Gasteiger partial charge in [-0.2, -0.15) is 18.6 Å². The summed E-state index contributed by atoms with van der Waals surface area (Å²) in [5, 5.41) is 14.9. The minimum atomic E-state index is -3.67. The lowest BCUT2D eigenvalue weighted by molar-refractivity contribution is 0.490. The summed E-state index contributed by atoms with van der Waals surface area (Å²) in [5.41, 5.74) is 1.30. The molecular formula is C20H18F2N6O4S. The van der Waals surface area contributed by atoms with Crippen LogP contribution in [0.4, 0.5) is 14.5 Å². The Bertz CT molecular complexity index is 1490. The summed E-state index contributed by atoms with van der Waals surface area (Å²) in [5.74, 6) is -0.716. The van der Waals surface area contributed by atoms with Crippen molar-refractivity contribution in [1.82, 2.24) is 25.0 Å². The molecule has 1 aliphatic rings. The predicted molar refractivity (Wildman–Crippen MR) is 115 cm³/mol. The molecule has 3 heterocycles. The first-order valence-electron chi connectivity index (χ1n) is 9.53. The van der Waals surface area contributed by atoms with Gasteiger partial charge in [-0.05, 0) is 29.8 Å². The number of aryl methyl sites for hydroxylation is 1. The van der Waals surface area contributed by atoms with E-state index in [2.05, 4.69) is 25.6 Å². The maximum absolute atomic E-state index is 14.1. The Morgan fingerprint density at radius 2 is 1.79 bits per heavy atom. The number of hydrogen-bond acceptors (Lipinski definition) is 7. The van der Waals surface area contributed by atoms with E-state index in [9.17, 15) is 22.0 Å². The van der Waals surface area contributed by atoms with Crippen molar-refractivity contribution in [1.29, 1.82) is 0 Å². The smallest absolute Gasteiger partial charge is 0.272 e. The average Bonchev–Trinajstić information content (AvgIpc) is 3.14. The van der Waals surface area contributed by atoms with Crippen molar-refractivity contribution in [3.05, 3.63) is 81.8 Å². The molecule has 13 heteroatoms. The number of nitrogens with one attached hydrogen (secondary N) is 2. The first-order chi connectivity index (χ1) is 15.5. The summed E-state index contributed by atoms with van der Waals surface area (Å²) >= 11 is 0. The molecule has 1 aliphatic heterocycles. The van der Waals surface area contributed by atoms with Crippen LogP contribution in [0.5, 0.6) is 0 Å². The van der Waals surface area contributed by atoms with Crippen molar-refractivity contribution in [2.45, 2.75) is 12.0 Å². The van der Waals surface area contributed by atoms with E-state index in [1.165, 1.54) is 30.6 Å². The second kappa shape index (κ2) is 8.33. The third-order valence-electron chi connectivity index (χ3n) is 5.07. The normalized spacial score (nSPS) is 17.2. The number of nitrogens with zero attached hydrogens (tertiary/aromatic N) is 4. The molecule has 3 N–H and O–H groups in total. The number of halogens is 2. The van der Waals surface area contributed by atoms with Crippen molar-refractivity contribution in [3.63, 3.8) is 0 Å². The minimum Gasteiger partial charge on any atom is -0.376 e. The Morgan fingerprint density at radius 3 is 2.39 bits per heavy atom. The number of benzene rings is 2. The molecule has 33 heavy (non-hydrogen) atoms. The number of aromatic nitrogens is 5. The van der Waals surface area contributed by atoms with Crippen LogP contribution < -0.4 is 10.9 Å². The summed E-state index contributed by atoms with van der Waals surface area (Å²) in [6.45, 7) is 0. The summed E-state index contributed by atoms with van der Waals surface area (Å²) in [6, 6.07) is 8.14. The zero-order valence-electron chi connectivity index (χ0n) is 17.3. The Hall–Kier alpha value is -3.71. The molecule has 0 unspecified atom stereocenters. The summed E-state index contributed by atoms with van der Waals surface area (Å²) in [4.78, 5) is 16.6. The second-order valence-electron chi connectivity index (χ2n) is 7.44. The second-order valence-corrected chi connectivity index (χ2v) is 8.91. The first-order valence-corrected chi connectivity index (χ1v) is 11.4. The van der Waals surface area contributed by atoms with Gasteiger partial charge in [0.15, 0.2) is 0 Å². The van der Waals surface area contributed by atoms with Crippen LogP contribution in [0.15, 0.2) is 47.5 Å². The fourth-order valence-electron chi connectivity index (χ4n) is 3.84. The largest absolute Gasteiger partial charge is 0.376 e. The van der Waals surface area contributed by atoms with Gasteiger partial charge in [0.1, 0.15) is 23.8 Å². The SMILES string of the molecule is CS(=O)(=O)O.Cn1ncnc1[C@H]1c2n[nH]c(=O)c3cc(F)cc(c23)N[C@@H]1c1ccc(F)cc1. The van der Waals surface area contributed by atoms with E-state index in [4.69, 9.17) is 4.55 Å². The number of H-pyrrole nitrogens is 1. The molecular weight excluding hydrogens is 458 g/mol. The van der Waals surface area contributed by atoms with Crippen LogP contribution in [-0.4, -0.2) is 44.2 Å². The van der Waals surface area contributed by atoms with Gasteiger partial charge in [-0.15, -0.1) is 0 Å². The number of anilines is 1. The van der Waals surface area contributed by atoms with E-state index in [-0.39, 0.29) is 11.2 Å². The van der Waals surface area contributed by atoms with Crippen LogP contribution in [0.2, 0.25) is 0 Å². The van der Waals surface area contributed by atoms with Crippen molar-refractivity contribution in [2.75, 3.05) is 11.6 Å². The number of rotatable bonds is 2. The lowest BCUT2D eigenvalue weighted by atomic mass is 9.83. The van der Waals surface area contributed by atoms with E-state index in [1.807, 2.05) is 0 Å². The van der Waals surface area contributed by atoms with E-state index < -0.39 is 33.5 Å². The van der Waals surface area contributed by atoms with Gasteiger partial charge >= 0.3 is 0 Å². The highest BCUT2D eigenvalue weighted by molar-refractivity contribution is 7.85. The standard InChI is InChI=1S/C19H14F2N6O.CH4O3S/c1-27-18(22-8-23-27)15-16(9-2-4-10(20)5-3-9)24-13-7-11(21)6-12-14(13)17(15)25-26-19(12)28;1-5(2,3)4/h2-8,15-16,24H,1H3,(H,26,28);1H3,(H,2,3,4)/t15-,16-;/m1./s1.